The number of nitrogens with zero attached hydrogens (tertiary/aromatic N) is 2. The number of amides is 2. The van der Waals surface area contributed by atoms with Gasteiger partial charge in [-0.3, -0.25) is 9.59 Å². The van der Waals surface area contributed by atoms with Crippen LogP contribution in [0.4, 0.5) is 5.69 Å². The number of furan rings is 1. The molecule has 0 radical (unpaired) electrons. The minimum atomic E-state index is -3.88. The van der Waals surface area contributed by atoms with Crippen molar-refractivity contribution in [3.8, 4) is 0 Å². The van der Waals surface area contributed by atoms with Crippen LogP contribution in [-0.4, -0.2) is 48.3 Å². The second-order valence-corrected chi connectivity index (χ2v) is 10.3. The van der Waals surface area contributed by atoms with Gasteiger partial charge in [0.2, 0.25) is 11.0 Å². The Bertz CT molecular complexity index is 1260. The van der Waals surface area contributed by atoms with E-state index in [1.165, 1.54) is 12.1 Å². The molecule has 9 nitrogen and oxygen atoms in total. The summed E-state index contributed by atoms with van der Waals surface area (Å²) in [6, 6.07) is 9.77. The molecule has 2 N–H and O–H groups in total. The monoisotopic (exact) mass is 474 g/mol. The Balaban J connectivity index is 1.73. The van der Waals surface area contributed by atoms with Crippen LogP contribution in [-0.2, 0) is 21.4 Å². The summed E-state index contributed by atoms with van der Waals surface area (Å²) in [7, 11) is -3.88. The van der Waals surface area contributed by atoms with E-state index in [1.807, 2.05) is 36.7 Å². The summed E-state index contributed by atoms with van der Waals surface area (Å²) >= 11 is 0. The van der Waals surface area contributed by atoms with Crippen LogP contribution in [0.15, 0.2) is 52.1 Å². The highest BCUT2D eigenvalue weighted by atomic mass is 32.2. The summed E-state index contributed by atoms with van der Waals surface area (Å²) in [6.45, 7) is 10.6. The molecule has 0 bridgehead atoms. The quantitative estimate of drug-likeness (QED) is 0.519. The Hall–Kier alpha value is -3.11. The lowest BCUT2D eigenvalue weighted by Crippen LogP contribution is -2.40. The van der Waals surface area contributed by atoms with Crippen molar-refractivity contribution in [3.63, 3.8) is 0 Å². The van der Waals surface area contributed by atoms with Gasteiger partial charge in [-0.25, -0.2) is 13.1 Å². The summed E-state index contributed by atoms with van der Waals surface area (Å²) in [5.74, 6) is -0.645. The van der Waals surface area contributed by atoms with Gasteiger partial charge in [-0.1, -0.05) is 0 Å². The number of nitrogens with one attached hydrogen (secondary N) is 2. The van der Waals surface area contributed by atoms with Gasteiger partial charge in [0, 0.05) is 41.4 Å². The van der Waals surface area contributed by atoms with E-state index in [2.05, 4.69) is 10.0 Å². The van der Waals surface area contributed by atoms with Gasteiger partial charge in [0.1, 0.15) is 6.54 Å². The maximum atomic E-state index is 12.6. The van der Waals surface area contributed by atoms with Crippen molar-refractivity contribution in [1.29, 1.82) is 0 Å². The van der Waals surface area contributed by atoms with Crippen LogP contribution in [0.2, 0.25) is 0 Å². The number of hydrogen-bond acceptors (Lipinski definition) is 5. The second kappa shape index (κ2) is 9.40. The highest BCUT2D eigenvalue weighted by Crippen LogP contribution is 2.22. The largest absolute Gasteiger partial charge is 0.438 e. The third-order valence-electron chi connectivity index (χ3n) is 4.96. The lowest BCUT2D eigenvalue weighted by molar-refractivity contribution is -0.131. The van der Waals surface area contributed by atoms with Gasteiger partial charge in [0.15, 0.2) is 5.76 Å². The molecule has 0 aliphatic rings. The van der Waals surface area contributed by atoms with Crippen molar-refractivity contribution in [1.82, 2.24) is 14.2 Å². The first-order valence-electron chi connectivity index (χ1n) is 10.8. The molecule has 33 heavy (non-hydrogen) atoms. The standard InChI is InChI=1S/C23H30N4O5S/c1-6-26(7-2)20(28)15-27-13-12-16-14-17(8-9-18(16)27)24-22(29)19-10-11-21(32-19)33(30,31)25-23(3,4)5/h8-14,25H,6-7,15H2,1-5H3,(H,24,29). The molecule has 0 aliphatic heterocycles. The first-order valence-corrected chi connectivity index (χ1v) is 12.2. The third-order valence-corrected chi connectivity index (χ3v) is 6.59. The van der Waals surface area contributed by atoms with Crippen LogP contribution in [0.25, 0.3) is 10.9 Å². The summed E-state index contributed by atoms with van der Waals surface area (Å²) < 4.78 is 34.4. The zero-order valence-electron chi connectivity index (χ0n) is 19.5. The zero-order chi connectivity index (χ0) is 24.4. The van der Waals surface area contributed by atoms with Crippen LogP contribution >= 0.6 is 0 Å². The highest BCUT2D eigenvalue weighted by molar-refractivity contribution is 7.89. The van der Waals surface area contributed by atoms with Crippen LogP contribution in [0.1, 0.15) is 45.2 Å². The van der Waals surface area contributed by atoms with Gasteiger partial charge >= 0.3 is 0 Å². The fourth-order valence-corrected chi connectivity index (χ4v) is 4.82. The van der Waals surface area contributed by atoms with Crippen molar-refractivity contribution in [2.45, 2.75) is 51.8 Å². The fourth-order valence-electron chi connectivity index (χ4n) is 3.47. The minimum Gasteiger partial charge on any atom is -0.438 e. The minimum absolute atomic E-state index is 0.0411. The summed E-state index contributed by atoms with van der Waals surface area (Å²) in [5.41, 5.74) is 0.706. The number of carbonyl (C=O) groups excluding carboxylic acids is 2. The van der Waals surface area contributed by atoms with Crippen molar-refractivity contribution in [3.05, 3.63) is 48.4 Å². The predicted molar refractivity (Wildman–Crippen MR) is 127 cm³/mol. The van der Waals surface area contributed by atoms with E-state index < -0.39 is 21.5 Å². The molecule has 2 amide bonds. The van der Waals surface area contributed by atoms with Gasteiger partial charge in [-0.15, -0.1) is 0 Å². The molecule has 178 valence electrons. The molecule has 0 atom stereocenters. The number of rotatable bonds is 8. The van der Waals surface area contributed by atoms with Gasteiger partial charge in [-0.2, -0.15) is 0 Å². The molecule has 0 saturated carbocycles. The number of sulfonamides is 1. The second-order valence-electron chi connectivity index (χ2n) is 8.71. The Morgan fingerprint density at radius 1 is 1.06 bits per heavy atom. The average Bonchev–Trinajstić information content (AvgIpc) is 3.35. The maximum Gasteiger partial charge on any atom is 0.291 e. The number of hydrogen-bond donors (Lipinski definition) is 2. The van der Waals surface area contributed by atoms with Crippen LogP contribution in [0.5, 0.6) is 0 Å². The molecule has 0 saturated heterocycles. The zero-order valence-corrected chi connectivity index (χ0v) is 20.3. The number of likely N-dealkylation sites (N-methyl/N-ethyl adjacent to an activating group) is 1. The Morgan fingerprint density at radius 2 is 1.76 bits per heavy atom. The number of carbonyl (C=O) groups is 2. The van der Waals surface area contributed by atoms with Crippen LogP contribution in [0.3, 0.4) is 0 Å². The smallest absolute Gasteiger partial charge is 0.291 e. The van der Waals surface area contributed by atoms with E-state index in [0.29, 0.717) is 18.8 Å². The number of benzene rings is 1. The maximum absolute atomic E-state index is 12.6. The lowest BCUT2D eigenvalue weighted by Gasteiger charge is -2.19. The summed E-state index contributed by atoms with van der Waals surface area (Å²) in [4.78, 5) is 26.8. The molecule has 1 aromatic carbocycles. The number of anilines is 1. The Kier molecular flexibility index (Phi) is 6.99. The van der Waals surface area contributed by atoms with E-state index in [0.717, 1.165) is 10.9 Å². The molecule has 2 heterocycles. The molecule has 3 aromatic rings. The fraction of sp³-hybridized carbons (Fsp3) is 0.391. The molecule has 0 fully saturated rings. The molecule has 0 spiro atoms. The van der Waals surface area contributed by atoms with Crippen molar-refractivity contribution >= 4 is 38.4 Å². The van der Waals surface area contributed by atoms with E-state index in [4.69, 9.17) is 4.42 Å². The van der Waals surface area contributed by atoms with Crippen molar-refractivity contribution in [2.75, 3.05) is 18.4 Å². The summed E-state index contributed by atoms with van der Waals surface area (Å²) in [5, 5.41) is 3.25. The Labute approximate surface area is 193 Å². The van der Waals surface area contributed by atoms with E-state index in [1.54, 1.807) is 37.8 Å². The SMILES string of the molecule is CCN(CC)C(=O)Cn1ccc2cc(NC(=O)c3ccc(S(=O)(=O)NC(C)(C)C)o3)ccc21. The van der Waals surface area contributed by atoms with Gasteiger partial charge in [-0.05, 0) is 71.0 Å². The molecule has 3 rings (SSSR count). The van der Waals surface area contributed by atoms with E-state index in [-0.39, 0.29) is 23.3 Å². The molecule has 10 heteroatoms. The molecular formula is C23H30N4O5S. The topological polar surface area (TPSA) is 114 Å². The van der Waals surface area contributed by atoms with Gasteiger partial charge in [0.25, 0.3) is 15.9 Å². The molecule has 0 aliphatic carbocycles. The predicted octanol–water partition coefficient (Wildman–Crippen LogP) is 3.43. The normalized spacial score (nSPS) is 12.2. The van der Waals surface area contributed by atoms with Crippen LogP contribution in [0, 0.1) is 0 Å². The van der Waals surface area contributed by atoms with Crippen molar-refractivity contribution < 1.29 is 22.4 Å². The average molecular weight is 475 g/mol. The molecule has 0 unspecified atom stereocenters. The highest BCUT2D eigenvalue weighted by Gasteiger charge is 2.26. The van der Waals surface area contributed by atoms with Gasteiger partial charge in [0.05, 0.1) is 0 Å². The van der Waals surface area contributed by atoms with E-state index in [9.17, 15) is 18.0 Å². The number of fused-ring (bicyclic) bond motifs is 1. The summed E-state index contributed by atoms with van der Waals surface area (Å²) in [6.07, 6.45) is 1.84. The Morgan fingerprint density at radius 3 is 2.39 bits per heavy atom. The third kappa shape index (κ3) is 5.82. The lowest BCUT2D eigenvalue weighted by atomic mass is 10.1. The first kappa shape index (κ1) is 24.5. The van der Waals surface area contributed by atoms with Crippen LogP contribution < -0.4 is 10.0 Å². The number of aromatic nitrogens is 1. The molecule has 2 aromatic heterocycles. The van der Waals surface area contributed by atoms with Gasteiger partial charge < -0.3 is 19.2 Å². The van der Waals surface area contributed by atoms with E-state index >= 15 is 0 Å². The first-order chi connectivity index (χ1) is 15.4. The molecular weight excluding hydrogens is 444 g/mol. The van der Waals surface area contributed by atoms with Crippen molar-refractivity contribution in [2.24, 2.45) is 0 Å².